The predicted octanol–water partition coefficient (Wildman–Crippen LogP) is 2.37. The van der Waals surface area contributed by atoms with Crippen LogP contribution in [0.4, 0.5) is 0 Å². The van der Waals surface area contributed by atoms with E-state index in [0.29, 0.717) is 12.1 Å². The van der Waals surface area contributed by atoms with Gasteiger partial charge in [0, 0.05) is 32.3 Å². The fraction of sp³-hybridized carbons (Fsp3) is 1.00. The van der Waals surface area contributed by atoms with Crippen molar-refractivity contribution < 1.29 is 4.74 Å². The molecule has 0 aliphatic rings. The van der Waals surface area contributed by atoms with Gasteiger partial charge in [-0.05, 0) is 12.5 Å². The van der Waals surface area contributed by atoms with Crippen molar-refractivity contribution in [2.45, 2.75) is 53.1 Å². The molecule has 104 valence electrons. The first kappa shape index (κ1) is 16.9. The van der Waals surface area contributed by atoms with Gasteiger partial charge in [0.25, 0.3) is 0 Å². The lowest BCUT2D eigenvalue weighted by atomic mass is 10.1. The van der Waals surface area contributed by atoms with Gasteiger partial charge in [-0.1, -0.05) is 41.0 Å². The van der Waals surface area contributed by atoms with E-state index in [1.165, 1.54) is 13.0 Å². The van der Waals surface area contributed by atoms with Crippen LogP contribution in [0.5, 0.6) is 0 Å². The van der Waals surface area contributed by atoms with E-state index in [0.717, 1.165) is 25.6 Å². The smallest absolute Gasteiger partial charge is 0.0630 e. The van der Waals surface area contributed by atoms with Gasteiger partial charge in [-0.2, -0.15) is 0 Å². The van der Waals surface area contributed by atoms with Crippen LogP contribution in [0.15, 0.2) is 0 Å². The fourth-order valence-corrected chi connectivity index (χ4v) is 1.92. The summed E-state index contributed by atoms with van der Waals surface area (Å²) in [7, 11) is 1.79. The van der Waals surface area contributed by atoms with Crippen molar-refractivity contribution in [1.82, 2.24) is 10.2 Å². The number of rotatable bonds is 10. The Kier molecular flexibility index (Phi) is 9.79. The molecule has 0 rings (SSSR count). The summed E-state index contributed by atoms with van der Waals surface area (Å²) in [5, 5.41) is 3.51. The zero-order chi connectivity index (χ0) is 13.3. The van der Waals surface area contributed by atoms with E-state index in [1.807, 2.05) is 0 Å². The first-order valence-corrected chi connectivity index (χ1v) is 7.01. The van der Waals surface area contributed by atoms with Crippen LogP contribution in [0.2, 0.25) is 0 Å². The minimum absolute atomic E-state index is 0.487. The molecule has 3 heteroatoms. The van der Waals surface area contributed by atoms with Crippen molar-refractivity contribution in [3.8, 4) is 0 Å². The first-order chi connectivity index (χ1) is 8.04. The predicted molar refractivity (Wildman–Crippen MR) is 75.5 cm³/mol. The maximum absolute atomic E-state index is 5.35. The maximum Gasteiger partial charge on any atom is 0.0630 e. The van der Waals surface area contributed by atoms with E-state index in [1.54, 1.807) is 7.11 Å². The Hall–Kier alpha value is -0.120. The number of methoxy groups -OCH3 is 1. The van der Waals surface area contributed by atoms with Crippen LogP contribution in [0.1, 0.15) is 41.0 Å². The summed E-state index contributed by atoms with van der Waals surface area (Å²) < 4.78 is 5.35. The number of nitrogens with one attached hydrogen (secondary N) is 1. The molecule has 0 saturated carbocycles. The van der Waals surface area contributed by atoms with Crippen LogP contribution in [0, 0.1) is 5.92 Å². The normalized spacial score (nSPS) is 15.5. The highest BCUT2D eigenvalue weighted by Crippen LogP contribution is 2.08. The minimum atomic E-state index is 0.487. The average Bonchev–Trinajstić information content (AvgIpc) is 2.31. The number of likely N-dealkylation sites (N-methyl/N-ethyl adjacent to an activating group) is 1. The van der Waals surface area contributed by atoms with E-state index >= 15 is 0 Å². The van der Waals surface area contributed by atoms with Gasteiger partial charge in [-0.3, -0.25) is 4.90 Å². The molecule has 0 heterocycles. The third-order valence-electron chi connectivity index (χ3n) is 3.29. The largest absolute Gasteiger partial charge is 0.383 e. The van der Waals surface area contributed by atoms with Gasteiger partial charge >= 0.3 is 0 Å². The monoisotopic (exact) mass is 244 g/mol. The van der Waals surface area contributed by atoms with E-state index in [-0.39, 0.29) is 0 Å². The highest BCUT2D eigenvalue weighted by molar-refractivity contribution is 4.75. The number of ether oxygens (including phenoxy) is 1. The van der Waals surface area contributed by atoms with Gasteiger partial charge in [-0.25, -0.2) is 0 Å². The van der Waals surface area contributed by atoms with Crippen molar-refractivity contribution >= 4 is 0 Å². The van der Waals surface area contributed by atoms with E-state index in [9.17, 15) is 0 Å². The number of hydrogen-bond acceptors (Lipinski definition) is 3. The summed E-state index contributed by atoms with van der Waals surface area (Å²) in [6.45, 7) is 15.3. The van der Waals surface area contributed by atoms with Crippen molar-refractivity contribution in [3.05, 3.63) is 0 Å². The SMILES string of the molecule is CCC(C)CN(CC)C(CNC(C)C)COC. The van der Waals surface area contributed by atoms with Crippen LogP contribution in [0.25, 0.3) is 0 Å². The topological polar surface area (TPSA) is 24.5 Å². The Morgan fingerprint density at radius 1 is 1.18 bits per heavy atom. The van der Waals surface area contributed by atoms with Crippen LogP contribution >= 0.6 is 0 Å². The summed E-state index contributed by atoms with van der Waals surface area (Å²) in [5.74, 6) is 0.758. The summed E-state index contributed by atoms with van der Waals surface area (Å²) in [6.07, 6.45) is 1.24. The molecule has 2 unspecified atom stereocenters. The van der Waals surface area contributed by atoms with Gasteiger partial charge in [0.15, 0.2) is 0 Å². The molecule has 1 N–H and O–H groups in total. The van der Waals surface area contributed by atoms with Crippen molar-refractivity contribution in [1.29, 1.82) is 0 Å². The third kappa shape index (κ3) is 7.74. The molecule has 0 amide bonds. The van der Waals surface area contributed by atoms with Gasteiger partial charge in [0.1, 0.15) is 0 Å². The lowest BCUT2D eigenvalue weighted by Crippen LogP contribution is -2.47. The molecule has 0 bridgehead atoms. The molecule has 0 aliphatic heterocycles. The van der Waals surface area contributed by atoms with E-state index < -0.39 is 0 Å². The third-order valence-corrected chi connectivity index (χ3v) is 3.29. The number of nitrogens with zero attached hydrogens (tertiary/aromatic N) is 1. The summed E-state index contributed by atoms with van der Waals surface area (Å²) >= 11 is 0. The second kappa shape index (κ2) is 9.86. The van der Waals surface area contributed by atoms with Crippen LogP contribution in [0.3, 0.4) is 0 Å². The van der Waals surface area contributed by atoms with Crippen LogP contribution < -0.4 is 5.32 Å². The molecule has 2 atom stereocenters. The molecule has 0 spiro atoms. The maximum atomic E-state index is 5.35. The van der Waals surface area contributed by atoms with Crippen molar-refractivity contribution in [2.75, 3.05) is 33.4 Å². The molecule has 0 aromatic heterocycles. The summed E-state index contributed by atoms with van der Waals surface area (Å²) in [6, 6.07) is 1.03. The standard InChI is InChI=1S/C14H32N2O/c1-7-13(5)10-16(8-2)14(11-17-6)9-15-12(3)4/h12-15H,7-11H2,1-6H3. The molecule has 0 aromatic carbocycles. The van der Waals surface area contributed by atoms with Crippen molar-refractivity contribution in [3.63, 3.8) is 0 Å². The highest BCUT2D eigenvalue weighted by atomic mass is 16.5. The first-order valence-electron chi connectivity index (χ1n) is 7.01. The molecular weight excluding hydrogens is 212 g/mol. The Morgan fingerprint density at radius 2 is 1.82 bits per heavy atom. The fourth-order valence-electron chi connectivity index (χ4n) is 1.92. The second-order valence-corrected chi connectivity index (χ2v) is 5.27. The Bertz CT molecular complexity index is 174. The molecule has 0 aromatic rings. The van der Waals surface area contributed by atoms with E-state index in [2.05, 4.69) is 44.8 Å². The molecule has 0 aliphatic carbocycles. The zero-order valence-electron chi connectivity index (χ0n) is 12.6. The molecule has 3 nitrogen and oxygen atoms in total. The van der Waals surface area contributed by atoms with Crippen molar-refractivity contribution in [2.24, 2.45) is 5.92 Å². The zero-order valence-corrected chi connectivity index (χ0v) is 12.6. The van der Waals surface area contributed by atoms with Gasteiger partial charge < -0.3 is 10.1 Å². The summed E-state index contributed by atoms with van der Waals surface area (Å²) in [4.78, 5) is 2.53. The molecule has 0 saturated heterocycles. The van der Waals surface area contributed by atoms with Crippen LogP contribution in [-0.2, 0) is 4.74 Å². The van der Waals surface area contributed by atoms with Crippen LogP contribution in [-0.4, -0.2) is 50.3 Å². The van der Waals surface area contributed by atoms with E-state index in [4.69, 9.17) is 4.74 Å². The average molecular weight is 244 g/mol. The van der Waals surface area contributed by atoms with Gasteiger partial charge in [-0.15, -0.1) is 0 Å². The Balaban J connectivity index is 4.29. The quantitative estimate of drug-likeness (QED) is 0.638. The molecule has 0 radical (unpaired) electrons. The number of hydrogen-bond donors (Lipinski definition) is 1. The summed E-state index contributed by atoms with van der Waals surface area (Å²) in [5.41, 5.74) is 0. The lowest BCUT2D eigenvalue weighted by Gasteiger charge is -2.33. The Labute approximate surface area is 108 Å². The Morgan fingerprint density at radius 3 is 2.24 bits per heavy atom. The van der Waals surface area contributed by atoms with Gasteiger partial charge in [0.2, 0.25) is 0 Å². The molecular formula is C14H32N2O. The molecule has 17 heavy (non-hydrogen) atoms. The molecule has 0 fully saturated rings. The lowest BCUT2D eigenvalue weighted by molar-refractivity contribution is 0.0818. The van der Waals surface area contributed by atoms with Gasteiger partial charge in [0.05, 0.1) is 6.61 Å². The minimum Gasteiger partial charge on any atom is -0.383 e. The highest BCUT2D eigenvalue weighted by Gasteiger charge is 2.18. The second-order valence-electron chi connectivity index (χ2n) is 5.27.